The molecule has 114 valence electrons. The fraction of sp³-hybridized carbons (Fsp3) is 0.438. The van der Waals surface area contributed by atoms with Gasteiger partial charge in [0.15, 0.2) is 0 Å². The number of hydrogen-bond acceptors (Lipinski definition) is 4. The van der Waals surface area contributed by atoms with Crippen molar-refractivity contribution < 1.29 is 19.0 Å². The molecule has 1 aliphatic heterocycles. The van der Waals surface area contributed by atoms with Gasteiger partial charge in [-0.2, -0.15) is 0 Å². The molecule has 0 aromatic heterocycles. The topological polar surface area (TPSA) is 56.8 Å². The second-order valence-corrected chi connectivity index (χ2v) is 5.52. The monoisotopic (exact) mass is 291 g/mol. The van der Waals surface area contributed by atoms with Gasteiger partial charge in [-0.3, -0.25) is 4.79 Å². The zero-order valence-corrected chi connectivity index (χ0v) is 12.4. The predicted molar refractivity (Wildman–Crippen MR) is 78.3 cm³/mol. The zero-order chi connectivity index (χ0) is 15.1. The third kappa shape index (κ3) is 5.11. The number of benzene rings is 1. The summed E-state index contributed by atoms with van der Waals surface area (Å²) in [4.78, 5) is 12.0. The molecule has 21 heavy (non-hydrogen) atoms. The first-order valence-electron chi connectivity index (χ1n) is 6.96. The summed E-state index contributed by atoms with van der Waals surface area (Å²) in [6.45, 7) is 5.59. The van der Waals surface area contributed by atoms with E-state index in [9.17, 15) is 4.79 Å². The quantitative estimate of drug-likeness (QED) is 0.871. The summed E-state index contributed by atoms with van der Waals surface area (Å²) >= 11 is 0. The van der Waals surface area contributed by atoms with Crippen LogP contribution in [0.5, 0.6) is 0 Å². The lowest BCUT2D eigenvalue weighted by Crippen LogP contribution is -2.48. The Hall–Kier alpha value is -2.01. The van der Waals surface area contributed by atoms with Crippen LogP contribution in [0, 0.1) is 0 Å². The second-order valence-electron chi connectivity index (χ2n) is 5.52. The Morgan fingerprint density at radius 2 is 2.05 bits per heavy atom. The van der Waals surface area contributed by atoms with Crippen LogP contribution in [0.25, 0.3) is 0 Å². The van der Waals surface area contributed by atoms with Crippen molar-refractivity contribution in [1.82, 2.24) is 5.32 Å². The number of rotatable bonds is 6. The fourth-order valence-electron chi connectivity index (χ4n) is 1.89. The van der Waals surface area contributed by atoms with E-state index in [-0.39, 0.29) is 11.7 Å². The van der Waals surface area contributed by atoms with E-state index in [0.717, 1.165) is 5.56 Å². The van der Waals surface area contributed by atoms with Crippen LogP contribution in [0.1, 0.15) is 19.4 Å². The van der Waals surface area contributed by atoms with E-state index in [1.165, 1.54) is 6.26 Å². The van der Waals surface area contributed by atoms with E-state index in [2.05, 4.69) is 5.32 Å². The van der Waals surface area contributed by atoms with Gasteiger partial charge in [-0.25, -0.2) is 0 Å². The molecule has 1 N–H and O–H groups in total. The summed E-state index contributed by atoms with van der Waals surface area (Å²) in [7, 11) is 0. The molecular weight excluding hydrogens is 270 g/mol. The van der Waals surface area contributed by atoms with Gasteiger partial charge in [0.1, 0.15) is 19.5 Å². The van der Waals surface area contributed by atoms with Crippen LogP contribution in [-0.2, 0) is 25.6 Å². The van der Waals surface area contributed by atoms with Crippen molar-refractivity contribution in [2.24, 2.45) is 0 Å². The summed E-state index contributed by atoms with van der Waals surface area (Å²) in [5.74, 6) is -0.0830. The predicted octanol–water partition coefficient (Wildman–Crippen LogP) is 1.99. The van der Waals surface area contributed by atoms with Gasteiger partial charge in [0.05, 0.1) is 18.8 Å². The summed E-state index contributed by atoms with van der Waals surface area (Å²) in [5, 5.41) is 2.88. The minimum absolute atomic E-state index is 0.206. The Balaban J connectivity index is 1.78. The summed E-state index contributed by atoms with van der Waals surface area (Å²) in [6, 6.07) is 9.91. The number of ether oxygens (including phenoxy) is 3. The summed E-state index contributed by atoms with van der Waals surface area (Å²) in [6.07, 6.45) is 1.35. The van der Waals surface area contributed by atoms with Crippen molar-refractivity contribution in [3.8, 4) is 0 Å². The van der Waals surface area contributed by atoms with Crippen LogP contribution in [0.15, 0.2) is 42.4 Å². The lowest BCUT2D eigenvalue weighted by Gasteiger charge is -2.27. The first kappa shape index (κ1) is 15.4. The third-order valence-electron chi connectivity index (χ3n) is 2.90. The lowest BCUT2D eigenvalue weighted by molar-refractivity contribution is -0.124. The van der Waals surface area contributed by atoms with E-state index >= 15 is 0 Å². The van der Waals surface area contributed by atoms with Gasteiger partial charge in [0, 0.05) is 0 Å². The van der Waals surface area contributed by atoms with Crippen molar-refractivity contribution in [2.45, 2.75) is 26.0 Å². The molecule has 1 aliphatic rings. The highest BCUT2D eigenvalue weighted by atomic mass is 16.6. The molecule has 0 aliphatic carbocycles. The maximum Gasteiger partial charge on any atom is 0.290 e. The maximum absolute atomic E-state index is 12.0. The largest absolute Gasteiger partial charge is 0.494 e. The first-order chi connectivity index (χ1) is 10.1. The Bertz CT molecular complexity index is 496. The lowest BCUT2D eigenvalue weighted by atomic mass is 10.1. The molecule has 0 atom stereocenters. The molecule has 0 unspecified atom stereocenters. The van der Waals surface area contributed by atoms with Crippen molar-refractivity contribution >= 4 is 5.91 Å². The molecule has 0 bridgehead atoms. The molecule has 5 nitrogen and oxygen atoms in total. The van der Waals surface area contributed by atoms with Crippen LogP contribution in [0.4, 0.5) is 0 Å². The molecule has 0 fully saturated rings. The molecule has 0 saturated heterocycles. The number of amides is 1. The Kier molecular flexibility index (Phi) is 5.22. The van der Waals surface area contributed by atoms with E-state index in [4.69, 9.17) is 14.2 Å². The van der Waals surface area contributed by atoms with E-state index in [0.29, 0.717) is 26.4 Å². The van der Waals surface area contributed by atoms with Crippen LogP contribution < -0.4 is 5.32 Å². The molecule has 1 aromatic rings. The second kappa shape index (κ2) is 7.13. The van der Waals surface area contributed by atoms with Crippen LogP contribution in [0.3, 0.4) is 0 Å². The number of nitrogens with one attached hydrogen (secondary N) is 1. The van der Waals surface area contributed by atoms with Crippen LogP contribution >= 0.6 is 0 Å². The van der Waals surface area contributed by atoms with Gasteiger partial charge in [-0.05, 0) is 19.4 Å². The van der Waals surface area contributed by atoms with Gasteiger partial charge in [-0.1, -0.05) is 30.3 Å². The van der Waals surface area contributed by atoms with Gasteiger partial charge in [0.2, 0.25) is 5.76 Å². The highest BCUT2D eigenvalue weighted by Gasteiger charge is 2.24. The van der Waals surface area contributed by atoms with Crippen molar-refractivity contribution in [3.63, 3.8) is 0 Å². The van der Waals surface area contributed by atoms with E-state index < -0.39 is 5.54 Å². The van der Waals surface area contributed by atoms with E-state index in [1.807, 2.05) is 44.2 Å². The van der Waals surface area contributed by atoms with E-state index in [1.54, 1.807) is 0 Å². The van der Waals surface area contributed by atoms with Crippen LogP contribution in [-0.4, -0.2) is 31.3 Å². The molecule has 1 aromatic carbocycles. The average Bonchev–Trinajstić information content (AvgIpc) is 2.48. The molecule has 1 heterocycles. The molecule has 0 spiro atoms. The number of carbonyl (C=O) groups is 1. The molecule has 0 saturated carbocycles. The van der Waals surface area contributed by atoms with Crippen LogP contribution in [0.2, 0.25) is 0 Å². The standard InChI is InChI=1S/C16H21NO4/c1-16(2,12-20-10-13-6-4-3-5-7-13)17-15(18)14-11-19-8-9-21-14/h3-7,11H,8-10,12H2,1-2H3,(H,17,18). The highest BCUT2D eigenvalue weighted by Crippen LogP contribution is 2.10. The Morgan fingerprint density at radius 1 is 1.29 bits per heavy atom. The maximum atomic E-state index is 12.0. The number of carbonyl (C=O) groups excluding carboxylic acids is 1. The summed E-state index contributed by atoms with van der Waals surface area (Å²) < 4.78 is 16.0. The Labute approximate surface area is 124 Å². The third-order valence-corrected chi connectivity index (χ3v) is 2.90. The minimum Gasteiger partial charge on any atom is -0.494 e. The Morgan fingerprint density at radius 3 is 2.71 bits per heavy atom. The zero-order valence-electron chi connectivity index (χ0n) is 12.4. The average molecular weight is 291 g/mol. The van der Waals surface area contributed by atoms with Gasteiger partial charge in [-0.15, -0.1) is 0 Å². The molecule has 0 radical (unpaired) electrons. The highest BCUT2D eigenvalue weighted by molar-refractivity contribution is 5.91. The smallest absolute Gasteiger partial charge is 0.290 e. The molecule has 2 rings (SSSR count). The SMILES string of the molecule is CC(C)(COCc1ccccc1)NC(=O)C1=COCCO1. The van der Waals surface area contributed by atoms with Gasteiger partial charge in [0.25, 0.3) is 5.91 Å². The normalized spacial score (nSPS) is 14.7. The van der Waals surface area contributed by atoms with Crippen molar-refractivity contribution in [2.75, 3.05) is 19.8 Å². The fourth-order valence-corrected chi connectivity index (χ4v) is 1.89. The van der Waals surface area contributed by atoms with Gasteiger partial charge < -0.3 is 19.5 Å². The number of hydrogen-bond donors (Lipinski definition) is 1. The van der Waals surface area contributed by atoms with Crippen molar-refractivity contribution in [3.05, 3.63) is 47.9 Å². The van der Waals surface area contributed by atoms with Gasteiger partial charge >= 0.3 is 0 Å². The molecular formula is C16H21NO4. The summed E-state index contributed by atoms with van der Waals surface area (Å²) in [5.41, 5.74) is 0.611. The molecule has 1 amide bonds. The minimum atomic E-state index is -0.493. The van der Waals surface area contributed by atoms with Crippen molar-refractivity contribution in [1.29, 1.82) is 0 Å². The first-order valence-corrected chi connectivity index (χ1v) is 6.96. The molecule has 5 heteroatoms.